The molecule has 0 spiro atoms. The highest BCUT2D eigenvalue weighted by Crippen LogP contribution is 2.39. The number of aromatic carboxylic acids is 1. The van der Waals surface area contributed by atoms with Gasteiger partial charge in [-0.2, -0.15) is 0 Å². The number of benzene rings is 6. The number of carboxylic acids is 1. The molecule has 0 radical (unpaired) electrons. The molecule has 136 valence electrons. The van der Waals surface area contributed by atoms with Crippen molar-refractivity contribution in [1.82, 2.24) is 0 Å². The number of hydrogen-bond acceptors (Lipinski definition) is 1. The summed E-state index contributed by atoms with van der Waals surface area (Å²) in [5.74, 6) is -0.903. The molecule has 2 heteroatoms. The summed E-state index contributed by atoms with van der Waals surface area (Å²) in [4.78, 5) is 11.6. The predicted octanol–water partition coefficient (Wildman–Crippen LogP) is 7.15. The summed E-state index contributed by atoms with van der Waals surface area (Å²) >= 11 is 0. The molecule has 0 fully saturated rings. The van der Waals surface area contributed by atoms with Crippen molar-refractivity contribution in [3.8, 4) is 0 Å². The van der Waals surface area contributed by atoms with Crippen LogP contribution in [0.4, 0.5) is 0 Å². The lowest BCUT2D eigenvalue weighted by Crippen LogP contribution is -1.95. The highest BCUT2D eigenvalue weighted by Gasteiger charge is 2.12. The van der Waals surface area contributed by atoms with Gasteiger partial charge in [-0.25, -0.2) is 4.79 Å². The van der Waals surface area contributed by atoms with Gasteiger partial charge in [-0.3, -0.25) is 0 Å². The maximum absolute atomic E-state index is 11.6. The Bertz CT molecular complexity index is 1610. The molecule has 29 heavy (non-hydrogen) atoms. The first kappa shape index (κ1) is 16.1. The van der Waals surface area contributed by atoms with Crippen molar-refractivity contribution < 1.29 is 9.90 Å². The Labute approximate surface area is 166 Å². The van der Waals surface area contributed by atoms with Crippen LogP contribution in [0.5, 0.6) is 0 Å². The lowest BCUT2D eigenvalue weighted by molar-refractivity contribution is 0.0697. The molecule has 0 aromatic heterocycles. The van der Waals surface area contributed by atoms with Crippen LogP contribution in [0.15, 0.2) is 91.0 Å². The minimum Gasteiger partial charge on any atom is -0.478 e. The minimum absolute atomic E-state index is 0.312. The maximum atomic E-state index is 11.6. The van der Waals surface area contributed by atoms with Crippen molar-refractivity contribution in [2.75, 3.05) is 0 Å². The summed E-state index contributed by atoms with van der Waals surface area (Å²) in [7, 11) is 0. The monoisotopic (exact) mass is 372 g/mol. The molecule has 6 aromatic carbocycles. The van der Waals surface area contributed by atoms with Crippen LogP contribution in [0.2, 0.25) is 0 Å². The molecule has 2 nitrogen and oxygen atoms in total. The van der Waals surface area contributed by atoms with Gasteiger partial charge in [-0.1, -0.05) is 78.9 Å². The molecule has 0 saturated heterocycles. The molecule has 0 heterocycles. The molecule has 6 aromatic rings. The van der Waals surface area contributed by atoms with Gasteiger partial charge in [0.25, 0.3) is 0 Å². The van der Waals surface area contributed by atoms with Crippen LogP contribution < -0.4 is 0 Å². The fraction of sp³-hybridized carbons (Fsp3) is 0. The Kier molecular flexibility index (Phi) is 3.21. The standard InChI is InChI=1S/C27H16O2/c28-27(29)21-14-7-17-6-9-19-11-13-20-12-10-18-8-5-16-3-1-2-4-22(16)24(18)26(20)25(19)23(17)15-21/h1-15H,(H,28,29). The summed E-state index contributed by atoms with van der Waals surface area (Å²) in [6.45, 7) is 0. The highest BCUT2D eigenvalue weighted by molar-refractivity contribution is 6.32. The van der Waals surface area contributed by atoms with Crippen molar-refractivity contribution in [3.63, 3.8) is 0 Å². The topological polar surface area (TPSA) is 37.3 Å². The first-order valence-electron chi connectivity index (χ1n) is 9.64. The molecule has 0 unspecified atom stereocenters. The summed E-state index contributed by atoms with van der Waals surface area (Å²) in [6, 6.07) is 31.0. The van der Waals surface area contributed by atoms with E-state index in [-0.39, 0.29) is 0 Å². The summed E-state index contributed by atoms with van der Waals surface area (Å²) in [5, 5.41) is 21.0. The van der Waals surface area contributed by atoms with E-state index in [9.17, 15) is 9.90 Å². The molecular weight excluding hydrogens is 356 g/mol. The van der Waals surface area contributed by atoms with Gasteiger partial charge >= 0.3 is 5.97 Å². The van der Waals surface area contributed by atoms with Gasteiger partial charge in [-0.05, 0) is 66.0 Å². The maximum Gasteiger partial charge on any atom is 0.335 e. The third-order valence-electron chi connectivity index (χ3n) is 5.94. The van der Waals surface area contributed by atoms with E-state index in [2.05, 4.69) is 72.8 Å². The zero-order valence-corrected chi connectivity index (χ0v) is 15.5. The lowest BCUT2D eigenvalue weighted by Gasteiger charge is -2.13. The van der Waals surface area contributed by atoms with Gasteiger partial charge < -0.3 is 5.11 Å². The fourth-order valence-corrected chi connectivity index (χ4v) is 4.59. The molecule has 0 aliphatic rings. The fourth-order valence-electron chi connectivity index (χ4n) is 4.59. The SMILES string of the molecule is O=C(O)c1ccc2ccc3ccc4ccc5ccc6ccccc6c5c4c3c2c1. The van der Waals surface area contributed by atoms with Crippen molar-refractivity contribution in [3.05, 3.63) is 96.6 Å². The van der Waals surface area contributed by atoms with Crippen LogP contribution >= 0.6 is 0 Å². The summed E-state index contributed by atoms with van der Waals surface area (Å²) in [6.07, 6.45) is 0. The van der Waals surface area contributed by atoms with Crippen molar-refractivity contribution in [2.45, 2.75) is 0 Å². The summed E-state index contributed by atoms with van der Waals surface area (Å²) < 4.78 is 0. The normalized spacial score (nSPS) is 11.7. The van der Waals surface area contributed by atoms with Crippen LogP contribution in [-0.4, -0.2) is 11.1 Å². The average molecular weight is 372 g/mol. The van der Waals surface area contributed by atoms with E-state index in [0.717, 1.165) is 26.9 Å². The van der Waals surface area contributed by atoms with Crippen LogP contribution in [0, 0.1) is 0 Å². The third kappa shape index (κ3) is 2.26. The van der Waals surface area contributed by atoms with Crippen molar-refractivity contribution >= 4 is 59.8 Å². The van der Waals surface area contributed by atoms with E-state index in [1.165, 1.54) is 26.9 Å². The zero-order valence-electron chi connectivity index (χ0n) is 15.5. The molecule has 6 rings (SSSR count). The van der Waals surface area contributed by atoms with Gasteiger partial charge in [0.15, 0.2) is 0 Å². The molecule has 0 atom stereocenters. The highest BCUT2D eigenvalue weighted by atomic mass is 16.4. The Hall–Kier alpha value is -3.91. The Morgan fingerprint density at radius 1 is 0.517 bits per heavy atom. The molecule has 0 amide bonds. The number of carboxylic acid groups (broad SMARTS) is 1. The van der Waals surface area contributed by atoms with Gasteiger partial charge in [-0.15, -0.1) is 0 Å². The van der Waals surface area contributed by atoms with Crippen LogP contribution in [0.3, 0.4) is 0 Å². The number of hydrogen-bond donors (Lipinski definition) is 1. The summed E-state index contributed by atoms with van der Waals surface area (Å²) in [5.41, 5.74) is 0.312. The second-order valence-corrected chi connectivity index (χ2v) is 7.52. The largest absolute Gasteiger partial charge is 0.478 e. The number of fused-ring (bicyclic) bond motifs is 9. The molecule has 1 N–H and O–H groups in total. The average Bonchev–Trinajstić information content (AvgIpc) is 2.77. The number of carbonyl (C=O) groups is 1. The zero-order chi connectivity index (χ0) is 19.5. The van der Waals surface area contributed by atoms with E-state index in [0.29, 0.717) is 5.56 Å². The van der Waals surface area contributed by atoms with Gasteiger partial charge in [0.1, 0.15) is 0 Å². The Morgan fingerprint density at radius 2 is 1.00 bits per heavy atom. The van der Waals surface area contributed by atoms with Crippen molar-refractivity contribution in [2.24, 2.45) is 0 Å². The smallest absolute Gasteiger partial charge is 0.335 e. The van der Waals surface area contributed by atoms with E-state index >= 15 is 0 Å². The predicted molar refractivity (Wildman–Crippen MR) is 121 cm³/mol. The van der Waals surface area contributed by atoms with Crippen LogP contribution in [-0.2, 0) is 0 Å². The third-order valence-corrected chi connectivity index (χ3v) is 5.94. The van der Waals surface area contributed by atoms with Crippen LogP contribution in [0.1, 0.15) is 10.4 Å². The molecule has 0 aliphatic carbocycles. The first-order chi connectivity index (χ1) is 14.2. The molecule has 0 aliphatic heterocycles. The Balaban J connectivity index is 1.97. The van der Waals surface area contributed by atoms with E-state index in [4.69, 9.17) is 0 Å². The van der Waals surface area contributed by atoms with Gasteiger partial charge in [0.05, 0.1) is 5.56 Å². The first-order valence-corrected chi connectivity index (χ1v) is 9.64. The molecular formula is C27H16O2. The van der Waals surface area contributed by atoms with E-state index < -0.39 is 5.97 Å². The quantitative estimate of drug-likeness (QED) is 0.311. The van der Waals surface area contributed by atoms with Crippen molar-refractivity contribution in [1.29, 1.82) is 0 Å². The van der Waals surface area contributed by atoms with Gasteiger partial charge in [0.2, 0.25) is 0 Å². The second kappa shape index (κ2) is 5.79. The molecule has 0 saturated carbocycles. The van der Waals surface area contributed by atoms with E-state index in [1.54, 1.807) is 6.07 Å². The molecule has 0 bridgehead atoms. The Morgan fingerprint density at radius 3 is 1.66 bits per heavy atom. The second-order valence-electron chi connectivity index (χ2n) is 7.52. The van der Waals surface area contributed by atoms with E-state index in [1.807, 2.05) is 12.1 Å². The van der Waals surface area contributed by atoms with Gasteiger partial charge in [0, 0.05) is 0 Å². The lowest BCUT2D eigenvalue weighted by atomic mass is 9.90. The van der Waals surface area contributed by atoms with Crippen LogP contribution in [0.25, 0.3) is 53.9 Å². The number of rotatable bonds is 1. The minimum atomic E-state index is -0.903.